The standard InChI is InChI=1S/C34H40N8O6S/c1-21-28(39-34(45)48-25-7-5-4-6-8-25)15-24(17-35-21)23-9-10-27-29(16-23)49-33(38-27)40-30(43)20-41-11-13-42(14-12-41)32-36-18-26(19-37-32)47-22(2)31(44)46-3/h9-10,15-19,22,25H,4-8,11-14,20H2,1-3H3,(H,39,45)(H,38,40,43). The predicted octanol–water partition coefficient (Wildman–Crippen LogP) is 5.04. The molecule has 2 amide bonds. The summed E-state index contributed by atoms with van der Waals surface area (Å²) in [6.45, 7) is 6.32. The number of aromatic nitrogens is 4. The largest absolute Gasteiger partial charge is 0.476 e. The fraction of sp³-hybridized carbons (Fsp3) is 0.441. The number of thiazole rings is 1. The van der Waals surface area contributed by atoms with Gasteiger partial charge in [0.15, 0.2) is 17.0 Å². The summed E-state index contributed by atoms with van der Waals surface area (Å²) in [4.78, 5) is 59.1. The van der Waals surface area contributed by atoms with Crippen molar-refractivity contribution in [2.45, 2.75) is 58.2 Å². The van der Waals surface area contributed by atoms with Crippen LogP contribution in [0.2, 0.25) is 0 Å². The minimum absolute atomic E-state index is 0.0314. The van der Waals surface area contributed by atoms with E-state index in [9.17, 15) is 14.4 Å². The Labute approximate surface area is 288 Å². The average Bonchev–Trinajstić information content (AvgIpc) is 3.51. The van der Waals surface area contributed by atoms with Crippen LogP contribution in [0, 0.1) is 6.92 Å². The van der Waals surface area contributed by atoms with Crippen LogP contribution < -0.4 is 20.3 Å². The number of amides is 2. The third-order valence-electron chi connectivity index (χ3n) is 8.60. The molecule has 49 heavy (non-hydrogen) atoms. The lowest BCUT2D eigenvalue weighted by molar-refractivity contribution is -0.147. The van der Waals surface area contributed by atoms with E-state index < -0.39 is 18.2 Å². The first-order valence-electron chi connectivity index (χ1n) is 16.4. The number of rotatable bonds is 10. The van der Waals surface area contributed by atoms with Crippen LogP contribution in [-0.4, -0.2) is 94.8 Å². The Kier molecular flexibility index (Phi) is 10.8. The number of carbonyl (C=O) groups is 3. The first-order valence-corrected chi connectivity index (χ1v) is 17.2. The molecular formula is C34H40N8O6S. The Morgan fingerprint density at radius 2 is 1.71 bits per heavy atom. The number of carbonyl (C=O) groups excluding carboxylic acids is 3. The van der Waals surface area contributed by atoms with Crippen molar-refractivity contribution in [3.8, 4) is 16.9 Å². The van der Waals surface area contributed by atoms with Crippen LogP contribution >= 0.6 is 11.3 Å². The molecule has 1 saturated carbocycles. The van der Waals surface area contributed by atoms with Gasteiger partial charge >= 0.3 is 12.1 Å². The summed E-state index contributed by atoms with van der Waals surface area (Å²) < 4.78 is 16.7. The van der Waals surface area contributed by atoms with E-state index in [0.29, 0.717) is 54.4 Å². The van der Waals surface area contributed by atoms with Crippen LogP contribution in [-0.2, 0) is 19.1 Å². The molecule has 1 unspecified atom stereocenters. The van der Waals surface area contributed by atoms with Crippen molar-refractivity contribution in [2.75, 3.05) is 55.4 Å². The number of hydrogen-bond donors (Lipinski definition) is 2. The van der Waals surface area contributed by atoms with Crippen molar-refractivity contribution in [1.82, 2.24) is 24.8 Å². The summed E-state index contributed by atoms with van der Waals surface area (Å²) >= 11 is 1.41. The van der Waals surface area contributed by atoms with Gasteiger partial charge < -0.3 is 24.4 Å². The number of pyridine rings is 1. The van der Waals surface area contributed by atoms with Gasteiger partial charge in [0.05, 0.1) is 47.6 Å². The predicted molar refractivity (Wildman–Crippen MR) is 186 cm³/mol. The monoisotopic (exact) mass is 688 g/mol. The molecule has 4 aromatic rings. The molecule has 0 bridgehead atoms. The number of hydrogen-bond acceptors (Lipinski definition) is 13. The topological polar surface area (TPSA) is 161 Å². The SMILES string of the molecule is COC(=O)C(C)Oc1cnc(N2CCN(CC(=O)Nc3nc4ccc(-c5cnc(C)c(NC(=O)OC6CCCCC6)c5)cc4s3)CC2)nc1. The number of nitrogens with one attached hydrogen (secondary N) is 2. The number of ether oxygens (including phenoxy) is 3. The molecule has 2 N–H and O–H groups in total. The smallest absolute Gasteiger partial charge is 0.411 e. The minimum atomic E-state index is -0.757. The van der Waals surface area contributed by atoms with Crippen LogP contribution in [0.3, 0.4) is 0 Å². The molecule has 4 heterocycles. The number of methoxy groups -OCH3 is 1. The Hall–Kier alpha value is -4.89. The van der Waals surface area contributed by atoms with Crippen molar-refractivity contribution in [1.29, 1.82) is 0 Å². The van der Waals surface area contributed by atoms with E-state index in [1.807, 2.05) is 36.1 Å². The molecule has 15 heteroatoms. The van der Waals surface area contributed by atoms with E-state index in [4.69, 9.17) is 9.47 Å². The highest BCUT2D eigenvalue weighted by atomic mass is 32.1. The molecule has 0 radical (unpaired) electrons. The fourth-order valence-corrected chi connectivity index (χ4v) is 6.79. The zero-order chi connectivity index (χ0) is 34.3. The van der Waals surface area contributed by atoms with Crippen molar-refractivity contribution >= 4 is 56.3 Å². The van der Waals surface area contributed by atoms with Crippen LogP contribution in [0.1, 0.15) is 44.7 Å². The number of esters is 1. The first kappa shape index (κ1) is 34.0. The van der Waals surface area contributed by atoms with E-state index in [1.165, 1.54) is 37.3 Å². The molecule has 1 saturated heterocycles. The van der Waals surface area contributed by atoms with Crippen LogP contribution in [0.15, 0.2) is 42.9 Å². The van der Waals surface area contributed by atoms with E-state index in [2.05, 4.69) is 40.2 Å². The molecule has 1 aliphatic heterocycles. The maximum absolute atomic E-state index is 13.0. The number of benzene rings is 1. The highest BCUT2D eigenvalue weighted by Gasteiger charge is 2.23. The highest BCUT2D eigenvalue weighted by molar-refractivity contribution is 7.22. The van der Waals surface area contributed by atoms with Crippen molar-refractivity contribution in [3.05, 3.63) is 48.5 Å². The summed E-state index contributed by atoms with van der Waals surface area (Å²) in [5.74, 6) is 0.326. The zero-order valence-electron chi connectivity index (χ0n) is 27.8. The van der Waals surface area contributed by atoms with Crippen molar-refractivity contribution < 1.29 is 28.6 Å². The second-order valence-electron chi connectivity index (χ2n) is 12.2. The van der Waals surface area contributed by atoms with Gasteiger partial charge in [0.1, 0.15) is 6.10 Å². The summed E-state index contributed by atoms with van der Waals surface area (Å²) in [6.07, 6.45) is 8.78. The summed E-state index contributed by atoms with van der Waals surface area (Å²) in [5, 5.41) is 6.36. The zero-order valence-corrected chi connectivity index (χ0v) is 28.6. The number of fused-ring (bicyclic) bond motifs is 1. The Bertz CT molecular complexity index is 1790. The number of anilines is 3. The lowest BCUT2D eigenvalue weighted by Gasteiger charge is -2.34. The van der Waals surface area contributed by atoms with Gasteiger partial charge in [-0.2, -0.15) is 0 Å². The third kappa shape index (κ3) is 8.78. The Balaban J connectivity index is 1.00. The van der Waals surface area contributed by atoms with Crippen molar-refractivity contribution in [3.63, 3.8) is 0 Å². The molecule has 14 nitrogen and oxygen atoms in total. The lowest BCUT2D eigenvalue weighted by Crippen LogP contribution is -2.49. The van der Waals surface area contributed by atoms with Gasteiger partial charge in [-0.3, -0.25) is 20.0 Å². The average molecular weight is 689 g/mol. The van der Waals surface area contributed by atoms with Crippen molar-refractivity contribution in [2.24, 2.45) is 0 Å². The van der Waals surface area contributed by atoms with Gasteiger partial charge in [-0.15, -0.1) is 0 Å². The maximum Gasteiger partial charge on any atom is 0.411 e. The third-order valence-corrected chi connectivity index (χ3v) is 9.53. The molecule has 258 valence electrons. The fourth-order valence-electron chi connectivity index (χ4n) is 5.87. The van der Waals surface area contributed by atoms with Crippen LogP contribution in [0.25, 0.3) is 21.3 Å². The Morgan fingerprint density at radius 3 is 2.45 bits per heavy atom. The molecule has 2 fully saturated rings. The number of aryl methyl sites for hydroxylation is 1. The molecule has 3 aromatic heterocycles. The van der Waals surface area contributed by atoms with E-state index in [0.717, 1.165) is 47.0 Å². The molecular weight excluding hydrogens is 648 g/mol. The lowest BCUT2D eigenvalue weighted by atomic mass is 9.98. The van der Waals surface area contributed by atoms with Crippen LogP contribution in [0.5, 0.6) is 5.75 Å². The van der Waals surface area contributed by atoms with Gasteiger partial charge in [-0.05, 0) is 63.3 Å². The summed E-state index contributed by atoms with van der Waals surface area (Å²) in [6, 6.07) is 7.79. The molecule has 6 rings (SSSR count). The highest BCUT2D eigenvalue weighted by Crippen LogP contribution is 2.32. The van der Waals surface area contributed by atoms with Gasteiger partial charge in [0.25, 0.3) is 0 Å². The van der Waals surface area contributed by atoms with E-state index in [-0.39, 0.29) is 18.6 Å². The van der Waals surface area contributed by atoms with Gasteiger partial charge in [0.2, 0.25) is 11.9 Å². The molecule has 1 aliphatic carbocycles. The normalized spacial score (nSPS) is 16.2. The van der Waals surface area contributed by atoms with E-state index >= 15 is 0 Å². The van der Waals surface area contributed by atoms with Gasteiger partial charge in [-0.1, -0.05) is 23.8 Å². The summed E-state index contributed by atoms with van der Waals surface area (Å²) in [5.41, 5.74) is 3.86. The van der Waals surface area contributed by atoms with Gasteiger partial charge in [0, 0.05) is 37.9 Å². The maximum atomic E-state index is 13.0. The van der Waals surface area contributed by atoms with E-state index in [1.54, 1.807) is 13.1 Å². The van der Waals surface area contributed by atoms with Crippen LogP contribution in [0.4, 0.5) is 21.6 Å². The minimum Gasteiger partial charge on any atom is -0.476 e. The second-order valence-corrected chi connectivity index (χ2v) is 13.2. The number of piperazine rings is 1. The molecule has 2 aliphatic rings. The number of nitrogens with zero attached hydrogens (tertiary/aromatic N) is 6. The second kappa shape index (κ2) is 15.6. The summed E-state index contributed by atoms with van der Waals surface area (Å²) in [7, 11) is 1.31. The molecule has 1 aromatic carbocycles. The molecule has 0 spiro atoms. The Morgan fingerprint density at radius 1 is 0.959 bits per heavy atom. The quantitative estimate of drug-likeness (QED) is 0.214. The molecule has 1 atom stereocenters. The first-order chi connectivity index (χ1) is 23.7. The van der Waals surface area contributed by atoms with Gasteiger partial charge in [-0.25, -0.2) is 24.5 Å².